The van der Waals surface area contributed by atoms with Crippen molar-refractivity contribution in [2.75, 3.05) is 16.4 Å². The zero-order valence-corrected chi connectivity index (χ0v) is 18.1. The largest absolute Gasteiger partial charge is 0.325 e. The Hall–Kier alpha value is -3.83. The van der Waals surface area contributed by atoms with E-state index in [1.807, 2.05) is 97.1 Å². The Bertz CT molecular complexity index is 1260. The van der Waals surface area contributed by atoms with Gasteiger partial charge in [-0.2, -0.15) is 0 Å². The van der Waals surface area contributed by atoms with E-state index in [-0.39, 0.29) is 17.6 Å². The molecule has 4 aromatic carbocycles. The van der Waals surface area contributed by atoms with Gasteiger partial charge >= 0.3 is 0 Å². The van der Waals surface area contributed by atoms with Crippen molar-refractivity contribution in [2.24, 2.45) is 0 Å². The van der Waals surface area contributed by atoms with Crippen molar-refractivity contribution < 1.29 is 9.59 Å². The molecular formula is C27H22N2O2S. The molecule has 0 aliphatic rings. The molecule has 2 N–H and O–H groups in total. The van der Waals surface area contributed by atoms with Crippen LogP contribution < -0.4 is 10.6 Å². The van der Waals surface area contributed by atoms with Gasteiger partial charge in [0.05, 0.1) is 5.75 Å². The number of carbonyl (C=O) groups excluding carboxylic acids is 2. The van der Waals surface area contributed by atoms with E-state index < -0.39 is 0 Å². The summed E-state index contributed by atoms with van der Waals surface area (Å²) in [7, 11) is 0. The normalized spacial score (nSPS) is 10.9. The molecule has 32 heavy (non-hydrogen) atoms. The zero-order chi connectivity index (χ0) is 22.2. The predicted octanol–water partition coefficient (Wildman–Crippen LogP) is 6.22. The van der Waals surface area contributed by atoms with E-state index in [2.05, 4.69) is 10.6 Å². The van der Waals surface area contributed by atoms with Crippen LogP contribution in [0.3, 0.4) is 0 Å². The summed E-state index contributed by atoms with van der Waals surface area (Å²) in [6.07, 6.45) is 3.28. The van der Waals surface area contributed by atoms with Crippen molar-refractivity contribution in [2.45, 2.75) is 4.90 Å². The third-order valence-corrected chi connectivity index (χ3v) is 5.76. The molecule has 0 aliphatic carbocycles. The monoisotopic (exact) mass is 438 g/mol. The Morgan fingerprint density at radius 1 is 0.781 bits per heavy atom. The zero-order valence-electron chi connectivity index (χ0n) is 17.3. The lowest BCUT2D eigenvalue weighted by molar-refractivity contribution is -0.114. The molecule has 4 aromatic rings. The summed E-state index contributed by atoms with van der Waals surface area (Å²) in [5, 5.41) is 7.96. The SMILES string of the molecule is O=C(/C=C/c1ccccc1)Nc1cccc(SCC(=O)Nc2cccc3ccccc23)c1. The number of hydrogen-bond acceptors (Lipinski definition) is 3. The second kappa shape index (κ2) is 10.5. The summed E-state index contributed by atoms with van der Waals surface area (Å²) in [5.74, 6) is -0.00886. The number of fused-ring (bicyclic) bond motifs is 1. The third-order valence-electron chi connectivity index (χ3n) is 4.76. The quantitative estimate of drug-likeness (QED) is 0.266. The Labute approximate surface area is 191 Å². The summed E-state index contributed by atoms with van der Waals surface area (Å²) < 4.78 is 0. The molecule has 0 heterocycles. The van der Waals surface area contributed by atoms with E-state index in [4.69, 9.17) is 0 Å². The van der Waals surface area contributed by atoms with E-state index in [1.54, 1.807) is 6.08 Å². The van der Waals surface area contributed by atoms with Gasteiger partial charge in [0.1, 0.15) is 0 Å². The highest BCUT2D eigenvalue weighted by Crippen LogP contribution is 2.25. The van der Waals surface area contributed by atoms with Crippen molar-refractivity contribution in [3.8, 4) is 0 Å². The summed E-state index contributed by atoms with van der Waals surface area (Å²) in [6.45, 7) is 0. The fourth-order valence-electron chi connectivity index (χ4n) is 3.25. The molecule has 0 aromatic heterocycles. The molecule has 0 saturated heterocycles. The number of thioether (sulfide) groups is 1. The van der Waals surface area contributed by atoms with Gasteiger partial charge in [-0.15, -0.1) is 11.8 Å². The van der Waals surface area contributed by atoms with Crippen molar-refractivity contribution in [1.29, 1.82) is 0 Å². The minimum atomic E-state index is -0.204. The van der Waals surface area contributed by atoms with E-state index in [1.165, 1.54) is 17.8 Å². The minimum Gasteiger partial charge on any atom is -0.325 e. The summed E-state index contributed by atoms with van der Waals surface area (Å²) >= 11 is 1.42. The van der Waals surface area contributed by atoms with Gasteiger partial charge in [0.25, 0.3) is 0 Å². The number of rotatable bonds is 7. The van der Waals surface area contributed by atoms with Crippen LogP contribution in [0.4, 0.5) is 11.4 Å². The second-order valence-electron chi connectivity index (χ2n) is 7.12. The maximum absolute atomic E-state index is 12.5. The Kier molecular flexibility index (Phi) is 7.00. The molecule has 158 valence electrons. The molecule has 0 bridgehead atoms. The van der Waals surface area contributed by atoms with Gasteiger partial charge in [-0.25, -0.2) is 0 Å². The van der Waals surface area contributed by atoms with Crippen molar-refractivity contribution in [1.82, 2.24) is 0 Å². The highest BCUT2D eigenvalue weighted by Gasteiger charge is 2.07. The number of carbonyl (C=O) groups is 2. The third kappa shape index (κ3) is 5.86. The standard InChI is InChI=1S/C27H22N2O2S/c30-26(17-16-20-8-2-1-3-9-20)28-22-12-7-13-23(18-22)32-19-27(31)29-25-15-6-11-21-10-4-5-14-24(21)25/h1-18H,19H2,(H,28,30)(H,29,31)/b17-16+. The maximum atomic E-state index is 12.5. The first-order valence-corrected chi connectivity index (χ1v) is 11.2. The summed E-state index contributed by atoms with van der Waals surface area (Å²) in [4.78, 5) is 25.6. The lowest BCUT2D eigenvalue weighted by Gasteiger charge is -2.09. The van der Waals surface area contributed by atoms with Crippen LogP contribution in [0.15, 0.2) is 108 Å². The Morgan fingerprint density at radius 2 is 1.53 bits per heavy atom. The van der Waals surface area contributed by atoms with E-state index >= 15 is 0 Å². The first kappa shape index (κ1) is 21.4. The van der Waals surface area contributed by atoms with Crippen LogP contribution in [-0.4, -0.2) is 17.6 Å². The van der Waals surface area contributed by atoms with E-state index in [0.29, 0.717) is 5.69 Å². The maximum Gasteiger partial charge on any atom is 0.248 e. The van der Waals surface area contributed by atoms with Gasteiger partial charge in [0, 0.05) is 27.7 Å². The number of benzene rings is 4. The van der Waals surface area contributed by atoms with Crippen molar-refractivity contribution in [3.05, 3.63) is 109 Å². The first-order chi connectivity index (χ1) is 15.7. The summed E-state index contributed by atoms with van der Waals surface area (Å²) in [6, 6.07) is 31.0. The molecule has 0 unspecified atom stereocenters. The van der Waals surface area contributed by atoms with Crippen LogP contribution in [0.25, 0.3) is 16.8 Å². The van der Waals surface area contributed by atoms with Crippen LogP contribution in [0.5, 0.6) is 0 Å². The number of nitrogens with one attached hydrogen (secondary N) is 2. The average Bonchev–Trinajstić information content (AvgIpc) is 2.83. The smallest absolute Gasteiger partial charge is 0.248 e. The molecule has 0 aliphatic heterocycles. The van der Waals surface area contributed by atoms with Crippen molar-refractivity contribution >= 4 is 51.8 Å². The van der Waals surface area contributed by atoms with Crippen LogP contribution in [0, 0.1) is 0 Å². The van der Waals surface area contributed by atoms with Gasteiger partial charge in [-0.3, -0.25) is 9.59 Å². The van der Waals surface area contributed by atoms with Gasteiger partial charge in [0.15, 0.2) is 0 Å². The number of hydrogen-bond donors (Lipinski definition) is 2. The lowest BCUT2D eigenvalue weighted by Crippen LogP contribution is -2.14. The van der Waals surface area contributed by atoms with Crippen LogP contribution in [-0.2, 0) is 9.59 Å². The molecular weight excluding hydrogens is 416 g/mol. The molecule has 2 amide bonds. The highest BCUT2D eigenvalue weighted by molar-refractivity contribution is 8.00. The van der Waals surface area contributed by atoms with E-state index in [9.17, 15) is 9.59 Å². The van der Waals surface area contributed by atoms with Crippen LogP contribution >= 0.6 is 11.8 Å². The van der Waals surface area contributed by atoms with Gasteiger partial charge in [-0.1, -0.05) is 72.8 Å². The van der Waals surface area contributed by atoms with Gasteiger partial charge < -0.3 is 10.6 Å². The minimum absolute atomic E-state index is 0.0772. The average molecular weight is 439 g/mol. The van der Waals surface area contributed by atoms with Crippen molar-refractivity contribution in [3.63, 3.8) is 0 Å². The second-order valence-corrected chi connectivity index (χ2v) is 8.17. The molecule has 0 saturated carbocycles. The first-order valence-electron chi connectivity index (χ1n) is 10.2. The molecule has 0 fully saturated rings. The van der Waals surface area contributed by atoms with Gasteiger partial charge in [0.2, 0.25) is 11.8 Å². The number of amides is 2. The van der Waals surface area contributed by atoms with Gasteiger partial charge in [-0.05, 0) is 41.3 Å². The molecule has 4 nitrogen and oxygen atoms in total. The van der Waals surface area contributed by atoms with E-state index in [0.717, 1.165) is 26.9 Å². The van der Waals surface area contributed by atoms with Crippen LogP contribution in [0.2, 0.25) is 0 Å². The molecule has 5 heteroatoms. The highest BCUT2D eigenvalue weighted by atomic mass is 32.2. The fraction of sp³-hybridized carbons (Fsp3) is 0.0370. The number of anilines is 2. The summed E-state index contributed by atoms with van der Waals surface area (Å²) in [5.41, 5.74) is 2.45. The molecule has 4 rings (SSSR count). The molecule has 0 atom stereocenters. The fourth-order valence-corrected chi connectivity index (χ4v) is 4.01. The lowest BCUT2D eigenvalue weighted by atomic mass is 10.1. The Morgan fingerprint density at radius 3 is 2.41 bits per heavy atom. The molecule has 0 spiro atoms. The Balaban J connectivity index is 1.33. The molecule has 0 radical (unpaired) electrons. The van der Waals surface area contributed by atoms with Crippen LogP contribution in [0.1, 0.15) is 5.56 Å². The topological polar surface area (TPSA) is 58.2 Å². The predicted molar refractivity (Wildman–Crippen MR) is 134 cm³/mol.